The molecule has 2 rings (SSSR count). The van der Waals surface area contributed by atoms with Crippen molar-refractivity contribution in [3.63, 3.8) is 0 Å². The van der Waals surface area contributed by atoms with Crippen molar-refractivity contribution in [3.8, 4) is 0 Å². The first-order chi connectivity index (χ1) is 9.31. The van der Waals surface area contributed by atoms with Gasteiger partial charge in [-0.25, -0.2) is 4.79 Å². The maximum atomic E-state index is 12.3. The van der Waals surface area contributed by atoms with E-state index >= 15 is 0 Å². The van der Waals surface area contributed by atoms with Crippen LogP contribution in [0.15, 0.2) is 6.07 Å². The number of aromatic amines is 1. The quantitative estimate of drug-likeness (QED) is 0.793. The minimum absolute atomic E-state index is 0.0360. The highest BCUT2D eigenvalue weighted by Gasteiger charge is 2.22. The molecular weight excluding hydrogens is 260 g/mol. The van der Waals surface area contributed by atoms with E-state index in [1.54, 1.807) is 31.6 Å². The summed E-state index contributed by atoms with van der Waals surface area (Å²) in [6.07, 6.45) is 0. The van der Waals surface area contributed by atoms with Crippen LogP contribution < -0.4 is 5.32 Å². The van der Waals surface area contributed by atoms with Crippen molar-refractivity contribution < 1.29 is 14.7 Å². The largest absolute Gasteiger partial charge is 0.477 e. The van der Waals surface area contributed by atoms with Crippen LogP contribution in [0.3, 0.4) is 0 Å². The summed E-state index contributed by atoms with van der Waals surface area (Å²) in [5.74, 6) is -0.878. The van der Waals surface area contributed by atoms with Crippen LogP contribution in [0.1, 0.15) is 37.8 Å². The second-order valence-corrected chi connectivity index (χ2v) is 4.68. The summed E-state index contributed by atoms with van der Waals surface area (Å²) in [6, 6.07) is 1.74. The molecule has 0 unspecified atom stereocenters. The standard InChI is InChI=1S/C13H16N4O3/c1-6-5-9(17(4)16-6)15-12(18)10-7(2)11(13(19)20)14-8(10)3/h5,14H,1-4H3,(H,15,18)(H,19,20). The maximum absolute atomic E-state index is 12.3. The lowest BCUT2D eigenvalue weighted by Crippen LogP contribution is -2.16. The third-order valence-corrected chi connectivity index (χ3v) is 3.12. The fraction of sp³-hybridized carbons (Fsp3) is 0.308. The number of nitrogens with zero attached hydrogens (tertiary/aromatic N) is 2. The Balaban J connectivity index is 2.35. The van der Waals surface area contributed by atoms with Gasteiger partial charge in [0.05, 0.1) is 11.3 Å². The van der Waals surface area contributed by atoms with E-state index in [0.717, 1.165) is 5.69 Å². The number of H-pyrrole nitrogens is 1. The van der Waals surface area contributed by atoms with Crippen LogP contribution in [-0.4, -0.2) is 31.7 Å². The molecule has 7 nitrogen and oxygen atoms in total. The highest BCUT2D eigenvalue weighted by Crippen LogP contribution is 2.20. The normalized spacial score (nSPS) is 10.6. The van der Waals surface area contributed by atoms with Crippen molar-refractivity contribution >= 4 is 17.7 Å². The van der Waals surface area contributed by atoms with E-state index in [-0.39, 0.29) is 11.6 Å². The van der Waals surface area contributed by atoms with E-state index in [2.05, 4.69) is 15.4 Å². The number of aryl methyl sites for hydroxylation is 3. The lowest BCUT2D eigenvalue weighted by atomic mass is 10.1. The number of hydrogen-bond donors (Lipinski definition) is 3. The maximum Gasteiger partial charge on any atom is 0.352 e. The van der Waals surface area contributed by atoms with E-state index in [9.17, 15) is 9.59 Å². The van der Waals surface area contributed by atoms with Gasteiger partial charge in [0.25, 0.3) is 5.91 Å². The molecule has 2 aromatic rings. The van der Waals surface area contributed by atoms with Crippen LogP contribution in [0.5, 0.6) is 0 Å². The van der Waals surface area contributed by atoms with Crippen molar-refractivity contribution in [2.24, 2.45) is 7.05 Å². The molecule has 3 N–H and O–H groups in total. The first kappa shape index (κ1) is 13.9. The number of aromatic nitrogens is 3. The van der Waals surface area contributed by atoms with Gasteiger partial charge in [-0.05, 0) is 26.3 Å². The molecule has 0 spiro atoms. The Morgan fingerprint density at radius 1 is 1.35 bits per heavy atom. The number of hydrogen-bond acceptors (Lipinski definition) is 3. The molecule has 0 saturated carbocycles. The molecule has 0 fully saturated rings. The topological polar surface area (TPSA) is 100 Å². The molecule has 0 aliphatic carbocycles. The third-order valence-electron chi connectivity index (χ3n) is 3.12. The Bertz CT molecular complexity index is 697. The SMILES string of the molecule is Cc1cc(NC(=O)c2c(C)[nH]c(C(=O)O)c2C)n(C)n1. The molecule has 0 saturated heterocycles. The minimum atomic E-state index is -1.08. The number of amides is 1. The van der Waals surface area contributed by atoms with Gasteiger partial charge in [0, 0.05) is 18.8 Å². The fourth-order valence-electron chi connectivity index (χ4n) is 2.21. The van der Waals surface area contributed by atoms with Gasteiger partial charge in [0.15, 0.2) is 0 Å². The Morgan fingerprint density at radius 3 is 2.45 bits per heavy atom. The van der Waals surface area contributed by atoms with Gasteiger partial charge in [0.2, 0.25) is 0 Å². The summed E-state index contributed by atoms with van der Waals surface area (Å²) in [4.78, 5) is 26.1. The van der Waals surface area contributed by atoms with Crippen molar-refractivity contribution in [2.45, 2.75) is 20.8 Å². The molecule has 0 radical (unpaired) electrons. The van der Waals surface area contributed by atoms with Crippen LogP contribution in [0.4, 0.5) is 5.82 Å². The van der Waals surface area contributed by atoms with Crippen LogP contribution in [0.25, 0.3) is 0 Å². The monoisotopic (exact) mass is 276 g/mol. The lowest BCUT2D eigenvalue weighted by molar-refractivity contribution is 0.0690. The number of nitrogens with one attached hydrogen (secondary N) is 2. The Morgan fingerprint density at radius 2 is 2.00 bits per heavy atom. The molecule has 20 heavy (non-hydrogen) atoms. The molecule has 106 valence electrons. The molecule has 0 bridgehead atoms. The number of carbonyl (C=O) groups is 2. The van der Waals surface area contributed by atoms with E-state index in [0.29, 0.717) is 22.6 Å². The van der Waals surface area contributed by atoms with Crippen LogP contribution >= 0.6 is 0 Å². The molecule has 0 aliphatic rings. The van der Waals surface area contributed by atoms with Crippen LogP contribution in [0, 0.1) is 20.8 Å². The molecule has 0 aliphatic heterocycles. The summed E-state index contributed by atoms with van der Waals surface area (Å²) >= 11 is 0. The number of carbonyl (C=O) groups excluding carboxylic acids is 1. The molecule has 2 heterocycles. The zero-order valence-corrected chi connectivity index (χ0v) is 11.7. The minimum Gasteiger partial charge on any atom is -0.477 e. The van der Waals surface area contributed by atoms with Crippen LogP contribution in [-0.2, 0) is 7.05 Å². The molecule has 0 aromatic carbocycles. The molecule has 0 atom stereocenters. The highest BCUT2D eigenvalue weighted by atomic mass is 16.4. The Kier molecular flexibility index (Phi) is 3.35. The van der Waals surface area contributed by atoms with Gasteiger partial charge >= 0.3 is 5.97 Å². The summed E-state index contributed by atoms with van der Waals surface area (Å²) in [6.45, 7) is 5.10. The first-order valence-corrected chi connectivity index (χ1v) is 6.05. The van der Waals surface area contributed by atoms with E-state index in [1.807, 2.05) is 6.92 Å². The smallest absolute Gasteiger partial charge is 0.352 e. The summed E-state index contributed by atoms with van der Waals surface area (Å²) in [5, 5.41) is 15.9. The predicted octanol–water partition coefficient (Wildman–Crippen LogP) is 1.62. The van der Waals surface area contributed by atoms with Crippen molar-refractivity contribution in [1.82, 2.24) is 14.8 Å². The number of rotatable bonds is 3. The molecular formula is C13H16N4O3. The van der Waals surface area contributed by atoms with Crippen LogP contribution in [0.2, 0.25) is 0 Å². The second-order valence-electron chi connectivity index (χ2n) is 4.68. The van der Waals surface area contributed by atoms with Gasteiger partial charge in [-0.3, -0.25) is 9.48 Å². The van der Waals surface area contributed by atoms with Crippen molar-refractivity contribution in [2.75, 3.05) is 5.32 Å². The number of anilines is 1. The summed E-state index contributed by atoms with van der Waals surface area (Å²) < 4.78 is 1.56. The summed E-state index contributed by atoms with van der Waals surface area (Å²) in [5.41, 5.74) is 2.12. The summed E-state index contributed by atoms with van der Waals surface area (Å²) in [7, 11) is 1.72. The molecule has 1 amide bonds. The molecule has 7 heteroatoms. The molecule has 2 aromatic heterocycles. The van der Waals surface area contributed by atoms with Gasteiger partial charge in [-0.1, -0.05) is 0 Å². The zero-order chi connectivity index (χ0) is 15.0. The Labute approximate surface area is 115 Å². The predicted molar refractivity (Wildman–Crippen MR) is 73.1 cm³/mol. The number of aromatic carboxylic acids is 1. The van der Waals surface area contributed by atoms with Gasteiger partial charge in [0.1, 0.15) is 11.5 Å². The average Bonchev–Trinajstić information content (AvgIpc) is 2.79. The Hall–Kier alpha value is -2.57. The number of carboxylic acid groups (broad SMARTS) is 1. The van der Waals surface area contributed by atoms with Gasteiger partial charge < -0.3 is 15.4 Å². The second kappa shape index (κ2) is 4.84. The van der Waals surface area contributed by atoms with E-state index in [4.69, 9.17) is 5.11 Å². The van der Waals surface area contributed by atoms with Gasteiger partial charge in [-0.2, -0.15) is 5.10 Å². The van der Waals surface area contributed by atoms with E-state index < -0.39 is 5.97 Å². The van der Waals surface area contributed by atoms with Crippen molar-refractivity contribution in [1.29, 1.82) is 0 Å². The third kappa shape index (κ3) is 2.29. The van der Waals surface area contributed by atoms with Crippen molar-refractivity contribution in [3.05, 3.63) is 34.3 Å². The van der Waals surface area contributed by atoms with Gasteiger partial charge in [-0.15, -0.1) is 0 Å². The highest BCUT2D eigenvalue weighted by molar-refractivity contribution is 6.07. The zero-order valence-electron chi connectivity index (χ0n) is 11.7. The van der Waals surface area contributed by atoms with E-state index in [1.165, 1.54) is 0 Å². The average molecular weight is 276 g/mol. The first-order valence-electron chi connectivity index (χ1n) is 6.05. The lowest BCUT2D eigenvalue weighted by Gasteiger charge is -2.05. The fourth-order valence-corrected chi connectivity index (χ4v) is 2.21. The number of carboxylic acids is 1.